The van der Waals surface area contributed by atoms with Crippen molar-refractivity contribution >= 4 is 33.4 Å². The fourth-order valence-corrected chi connectivity index (χ4v) is 4.27. The van der Waals surface area contributed by atoms with Crippen LogP contribution in [-0.2, 0) is 4.57 Å². The molecule has 118 valence electrons. The molecule has 0 bridgehead atoms. The Morgan fingerprint density at radius 1 is 1.35 bits per heavy atom. The molecule has 0 aromatic rings. The molecule has 0 amide bonds. The highest BCUT2D eigenvalue weighted by atomic mass is 32.1. The van der Waals surface area contributed by atoms with Crippen LogP contribution < -0.4 is 5.32 Å². The van der Waals surface area contributed by atoms with Crippen LogP contribution >= 0.6 is 28.2 Å². The normalized spacial score (nSPS) is 25.8. The topological polar surface area (TPSA) is 143 Å². The zero-order chi connectivity index (χ0) is 15.4. The van der Waals surface area contributed by atoms with Crippen molar-refractivity contribution in [2.24, 2.45) is 10.9 Å². The second-order valence-corrected chi connectivity index (χ2v) is 8.65. The molecule has 2 atom stereocenters. The van der Waals surface area contributed by atoms with Gasteiger partial charge in [-0.25, -0.2) is 9.56 Å². The van der Waals surface area contributed by atoms with Gasteiger partial charge in [0.2, 0.25) is 0 Å². The standard InChI is InChI=1S/C9H20N2O6P2S/c12-18(13,14)9(19(15,16)17)11-8-4-3-7(6-10-8)2-1-5-20/h7-8,10,12-14H,1-6H2,(H2-,15,16,17,20)/p+1. The first-order valence-electron chi connectivity index (χ1n) is 6.20. The highest BCUT2D eigenvalue weighted by molar-refractivity contribution is 8.00. The van der Waals surface area contributed by atoms with E-state index in [1.54, 1.807) is 0 Å². The minimum Gasteiger partial charge on any atom is -0.317 e. The molecule has 1 fully saturated rings. The summed E-state index contributed by atoms with van der Waals surface area (Å²) < 4.78 is 11.1. The van der Waals surface area contributed by atoms with Crippen LogP contribution in [0.5, 0.6) is 0 Å². The number of hydrogen-bond acceptors (Lipinski definition) is 7. The first-order chi connectivity index (χ1) is 9.14. The summed E-state index contributed by atoms with van der Waals surface area (Å²) in [5, 5.41) is 1.76. The smallest absolute Gasteiger partial charge is 0.317 e. The molecule has 0 saturated carbocycles. The largest absolute Gasteiger partial charge is 0.469 e. The number of piperidine rings is 1. The third-order valence-corrected chi connectivity index (χ3v) is 6.25. The quantitative estimate of drug-likeness (QED) is 0.208. The van der Waals surface area contributed by atoms with E-state index in [0.717, 1.165) is 25.0 Å². The van der Waals surface area contributed by atoms with E-state index in [9.17, 15) is 4.57 Å². The predicted molar refractivity (Wildman–Crippen MR) is 80.7 cm³/mol. The Morgan fingerprint density at radius 3 is 2.40 bits per heavy atom. The molecule has 0 aromatic heterocycles. The van der Waals surface area contributed by atoms with Gasteiger partial charge in [-0.15, -0.1) is 0 Å². The lowest BCUT2D eigenvalue weighted by Gasteiger charge is -2.27. The summed E-state index contributed by atoms with van der Waals surface area (Å²) in [7, 11) is -9.81. The molecular formula is C9H21N2O6P2S+. The first kappa shape index (κ1) is 18.5. The molecule has 1 aliphatic heterocycles. The van der Waals surface area contributed by atoms with Gasteiger partial charge in [-0.1, -0.05) is 0 Å². The van der Waals surface area contributed by atoms with Gasteiger partial charge in [-0.2, -0.15) is 27.3 Å². The lowest BCUT2D eigenvalue weighted by Crippen LogP contribution is -2.38. The van der Waals surface area contributed by atoms with Gasteiger partial charge in [0, 0.05) is 0 Å². The van der Waals surface area contributed by atoms with Gasteiger partial charge in [-0.3, -0.25) is 5.32 Å². The van der Waals surface area contributed by atoms with Gasteiger partial charge >= 0.3 is 20.7 Å². The predicted octanol–water partition coefficient (Wildman–Crippen LogP) is 0.295. The molecule has 1 heterocycles. The average Bonchev–Trinajstić information content (AvgIpc) is 2.32. The molecule has 1 saturated heterocycles. The summed E-state index contributed by atoms with van der Waals surface area (Å²) in [6.07, 6.45) is 2.71. The number of aliphatic imine (C=N–C) groups is 1. The number of hydrogen-bond donors (Lipinski definition) is 7. The Kier molecular flexibility index (Phi) is 7.05. The number of nitrogens with zero attached hydrogens (tertiary/aromatic N) is 1. The molecule has 0 spiro atoms. The summed E-state index contributed by atoms with van der Waals surface area (Å²) in [6, 6.07) is 0. The molecule has 1 aliphatic rings. The maximum absolute atomic E-state index is 11.1. The second-order valence-electron chi connectivity index (χ2n) is 4.77. The molecule has 1 rings (SSSR count). The third kappa shape index (κ3) is 6.05. The molecule has 11 heteroatoms. The van der Waals surface area contributed by atoms with Crippen LogP contribution in [-0.4, -0.2) is 48.1 Å². The zero-order valence-corrected chi connectivity index (χ0v) is 13.5. The molecule has 2 unspecified atom stereocenters. The zero-order valence-electron chi connectivity index (χ0n) is 10.8. The monoisotopic (exact) mass is 347 g/mol. The van der Waals surface area contributed by atoms with Crippen LogP contribution in [0.2, 0.25) is 0 Å². The molecule has 20 heavy (non-hydrogen) atoms. The molecule has 0 radical (unpaired) electrons. The van der Waals surface area contributed by atoms with E-state index < -0.39 is 26.9 Å². The van der Waals surface area contributed by atoms with Gasteiger partial charge in [0.25, 0.3) is 0 Å². The van der Waals surface area contributed by atoms with E-state index in [-0.39, 0.29) is 0 Å². The van der Waals surface area contributed by atoms with E-state index >= 15 is 0 Å². The second kappa shape index (κ2) is 7.63. The van der Waals surface area contributed by atoms with Crippen molar-refractivity contribution in [1.82, 2.24) is 5.32 Å². The van der Waals surface area contributed by atoms with Crippen molar-refractivity contribution in [1.29, 1.82) is 0 Å². The van der Waals surface area contributed by atoms with E-state index in [2.05, 4.69) is 22.9 Å². The van der Waals surface area contributed by atoms with Crippen LogP contribution in [0.15, 0.2) is 4.99 Å². The van der Waals surface area contributed by atoms with Crippen molar-refractivity contribution < 1.29 is 29.0 Å². The lowest BCUT2D eigenvalue weighted by atomic mass is 9.94. The number of rotatable bonds is 6. The Bertz CT molecular complexity index is 388. The van der Waals surface area contributed by atoms with Gasteiger partial charge in [0.1, 0.15) is 6.17 Å². The summed E-state index contributed by atoms with van der Waals surface area (Å²) in [4.78, 5) is 48.9. The summed E-state index contributed by atoms with van der Waals surface area (Å²) in [5.74, 6) is 1.26. The van der Waals surface area contributed by atoms with Gasteiger partial charge in [0.05, 0.1) is 0 Å². The summed E-state index contributed by atoms with van der Waals surface area (Å²) in [5.41, 5.74) is 0. The summed E-state index contributed by atoms with van der Waals surface area (Å²) in [6.45, 7) is 0.629. The van der Waals surface area contributed by atoms with Crippen molar-refractivity contribution in [3.05, 3.63) is 0 Å². The molecule has 6 N–H and O–H groups in total. The van der Waals surface area contributed by atoms with E-state index in [0.29, 0.717) is 18.9 Å². The van der Waals surface area contributed by atoms with E-state index in [1.807, 2.05) is 0 Å². The Balaban J connectivity index is 2.68. The van der Waals surface area contributed by atoms with E-state index in [4.69, 9.17) is 24.5 Å². The van der Waals surface area contributed by atoms with Crippen LogP contribution in [0.25, 0.3) is 0 Å². The highest BCUT2D eigenvalue weighted by Crippen LogP contribution is 2.60. The van der Waals surface area contributed by atoms with Gasteiger partial charge in [0.15, 0.2) is 0 Å². The fraction of sp³-hybridized carbons (Fsp3) is 0.889. The first-order valence-corrected chi connectivity index (χ1v) is 10.1. The van der Waals surface area contributed by atoms with Crippen LogP contribution in [0.1, 0.15) is 25.7 Å². The third-order valence-electron chi connectivity index (χ3n) is 3.06. The van der Waals surface area contributed by atoms with Crippen LogP contribution in [0.4, 0.5) is 0 Å². The van der Waals surface area contributed by atoms with Crippen LogP contribution in [0.3, 0.4) is 0 Å². The van der Waals surface area contributed by atoms with Gasteiger partial charge < -0.3 is 9.79 Å². The van der Waals surface area contributed by atoms with Crippen molar-refractivity contribution in [2.45, 2.75) is 31.8 Å². The van der Waals surface area contributed by atoms with Crippen LogP contribution in [0, 0.1) is 5.92 Å². The fourth-order valence-electron chi connectivity index (χ4n) is 2.10. The lowest BCUT2D eigenvalue weighted by molar-refractivity contribution is 0.300. The Labute approximate surface area is 123 Å². The Morgan fingerprint density at radius 2 is 2.00 bits per heavy atom. The summed E-state index contributed by atoms with van der Waals surface area (Å²) >= 11 is 4.14. The molecule has 8 nitrogen and oxygen atoms in total. The maximum Gasteiger partial charge on any atom is 0.469 e. The molecular weight excluding hydrogens is 326 g/mol. The molecule has 0 aromatic carbocycles. The van der Waals surface area contributed by atoms with E-state index in [1.165, 1.54) is 0 Å². The van der Waals surface area contributed by atoms with Gasteiger partial charge in [-0.05, 0) is 43.9 Å². The number of nitrogens with one attached hydrogen (secondary N) is 1. The van der Waals surface area contributed by atoms with Crippen molar-refractivity contribution in [3.63, 3.8) is 0 Å². The molecule has 0 aliphatic carbocycles. The van der Waals surface area contributed by atoms with Crippen molar-refractivity contribution in [2.75, 3.05) is 12.3 Å². The SMILES string of the molecule is O=P(O)(O)C(=NC1CCC(CCCS)CN1)[P+](O)(O)O. The minimum absolute atomic E-state index is 0.448. The van der Waals surface area contributed by atoms with Crippen molar-refractivity contribution in [3.8, 4) is 0 Å². The highest BCUT2D eigenvalue weighted by Gasteiger charge is 2.52. The average molecular weight is 347 g/mol. The number of thiol groups is 1. The maximum atomic E-state index is 11.1. The Hall–Kier alpha value is 0.440. The minimum atomic E-state index is -5.00.